The van der Waals surface area contributed by atoms with Crippen LogP contribution in [0.5, 0.6) is 0 Å². The highest BCUT2D eigenvalue weighted by molar-refractivity contribution is 4.89. The molecule has 0 aromatic rings. The molecule has 148 valence electrons. The molecular weight excluding hydrogens is 320 g/mol. The fourth-order valence-electron chi connectivity index (χ4n) is 3.15. The Labute approximate surface area is 153 Å². The largest absolute Gasteiger partial charge is 0.394 e. The topological polar surface area (TPSA) is 79.2 Å². The van der Waals surface area contributed by atoms with E-state index in [0.29, 0.717) is 6.61 Å². The van der Waals surface area contributed by atoms with Crippen LogP contribution in [0.15, 0.2) is 12.2 Å². The van der Waals surface area contributed by atoms with Crippen molar-refractivity contribution in [2.45, 2.75) is 95.5 Å². The van der Waals surface area contributed by atoms with Gasteiger partial charge in [0.05, 0.1) is 19.8 Å². The van der Waals surface area contributed by atoms with Crippen molar-refractivity contribution < 1.29 is 24.8 Å². The van der Waals surface area contributed by atoms with Crippen LogP contribution in [-0.4, -0.2) is 59.6 Å². The second kappa shape index (κ2) is 14.7. The van der Waals surface area contributed by atoms with E-state index in [4.69, 9.17) is 14.6 Å². The van der Waals surface area contributed by atoms with E-state index in [1.807, 2.05) is 6.08 Å². The van der Waals surface area contributed by atoms with Crippen molar-refractivity contribution >= 4 is 0 Å². The average Bonchev–Trinajstić information content (AvgIpc) is 2.61. The summed E-state index contributed by atoms with van der Waals surface area (Å²) in [5.41, 5.74) is 0. The van der Waals surface area contributed by atoms with E-state index in [1.165, 1.54) is 57.8 Å². The fraction of sp³-hybridized carbons (Fsp3) is 0.900. The molecule has 0 aromatic heterocycles. The molecule has 0 aromatic carbocycles. The average molecular weight is 359 g/mol. The van der Waals surface area contributed by atoms with E-state index in [1.54, 1.807) is 0 Å². The minimum Gasteiger partial charge on any atom is -0.394 e. The highest BCUT2D eigenvalue weighted by atomic mass is 16.6. The van der Waals surface area contributed by atoms with Crippen LogP contribution in [0.25, 0.3) is 0 Å². The molecule has 5 nitrogen and oxygen atoms in total. The van der Waals surface area contributed by atoms with Crippen LogP contribution in [-0.2, 0) is 9.47 Å². The summed E-state index contributed by atoms with van der Waals surface area (Å²) >= 11 is 0. The van der Waals surface area contributed by atoms with E-state index >= 15 is 0 Å². The zero-order chi connectivity index (χ0) is 18.3. The van der Waals surface area contributed by atoms with Crippen molar-refractivity contribution in [2.24, 2.45) is 0 Å². The molecule has 0 unspecified atom stereocenters. The second-order valence-corrected chi connectivity index (χ2v) is 7.00. The van der Waals surface area contributed by atoms with Crippen molar-refractivity contribution in [3.05, 3.63) is 12.2 Å². The van der Waals surface area contributed by atoms with Gasteiger partial charge in [-0.3, -0.25) is 0 Å². The summed E-state index contributed by atoms with van der Waals surface area (Å²) in [6, 6.07) is 0. The number of hydrogen-bond donors (Lipinski definition) is 3. The van der Waals surface area contributed by atoms with Gasteiger partial charge in [-0.2, -0.15) is 0 Å². The third kappa shape index (κ3) is 9.71. The molecule has 0 bridgehead atoms. The molecule has 1 heterocycles. The lowest BCUT2D eigenvalue weighted by Gasteiger charge is -2.36. The molecule has 4 atom stereocenters. The van der Waals surface area contributed by atoms with E-state index in [-0.39, 0.29) is 13.2 Å². The lowest BCUT2D eigenvalue weighted by atomic mass is 10.0. The third-order valence-electron chi connectivity index (χ3n) is 4.78. The summed E-state index contributed by atoms with van der Waals surface area (Å²) < 4.78 is 10.7. The van der Waals surface area contributed by atoms with E-state index < -0.39 is 24.4 Å². The Balaban J connectivity index is 1.99. The summed E-state index contributed by atoms with van der Waals surface area (Å²) in [6.45, 7) is 2.41. The quantitative estimate of drug-likeness (QED) is 0.329. The molecule has 5 heteroatoms. The van der Waals surface area contributed by atoms with Crippen molar-refractivity contribution in [1.29, 1.82) is 0 Å². The molecule has 1 fully saturated rings. The number of rotatable bonds is 14. The maximum absolute atomic E-state index is 10.00. The molecule has 25 heavy (non-hydrogen) atoms. The summed E-state index contributed by atoms with van der Waals surface area (Å²) in [7, 11) is 0. The van der Waals surface area contributed by atoms with Crippen LogP contribution >= 0.6 is 0 Å². The lowest BCUT2D eigenvalue weighted by molar-refractivity contribution is -0.207. The minimum atomic E-state index is -1.00. The smallest absolute Gasteiger partial charge is 0.114 e. The maximum atomic E-state index is 10.00. The molecule has 0 spiro atoms. The van der Waals surface area contributed by atoms with E-state index in [0.717, 1.165) is 6.42 Å². The SMILES string of the molecule is CCCCCCCCCCC/C=C/CO[C@H]1[C@H](O)[C@@H](CO)OC[C@@H]1O. The lowest BCUT2D eigenvalue weighted by Crippen LogP contribution is -2.55. The van der Waals surface area contributed by atoms with E-state index in [2.05, 4.69) is 13.0 Å². The van der Waals surface area contributed by atoms with Gasteiger partial charge < -0.3 is 24.8 Å². The zero-order valence-corrected chi connectivity index (χ0v) is 15.8. The van der Waals surface area contributed by atoms with Crippen molar-refractivity contribution in [3.8, 4) is 0 Å². The summed E-state index contributed by atoms with van der Waals surface area (Å²) in [4.78, 5) is 0. The number of hydrogen-bond acceptors (Lipinski definition) is 5. The number of allylic oxidation sites excluding steroid dienone is 1. The number of aliphatic hydroxyl groups is 3. The fourth-order valence-corrected chi connectivity index (χ4v) is 3.15. The van der Waals surface area contributed by atoms with Crippen LogP contribution in [0.1, 0.15) is 71.1 Å². The van der Waals surface area contributed by atoms with Gasteiger partial charge in [-0.15, -0.1) is 0 Å². The highest BCUT2D eigenvalue weighted by Crippen LogP contribution is 2.18. The molecule has 1 rings (SSSR count). The Hall–Kier alpha value is -0.460. The van der Waals surface area contributed by atoms with Crippen molar-refractivity contribution in [2.75, 3.05) is 19.8 Å². The monoisotopic (exact) mass is 358 g/mol. The molecule has 0 amide bonds. The van der Waals surface area contributed by atoms with Gasteiger partial charge in [0.15, 0.2) is 0 Å². The molecule has 1 saturated heterocycles. The first-order valence-corrected chi connectivity index (χ1v) is 10.1. The van der Waals surface area contributed by atoms with Gasteiger partial charge in [0.1, 0.15) is 24.4 Å². The predicted molar refractivity (Wildman–Crippen MR) is 99.6 cm³/mol. The highest BCUT2D eigenvalue weighted by Gasteiger charge is 2.38. The molecule has 0 radical (unpaired) electrons. The maximum Gasteiger partial charge on any atom is 0.114 e. The first-order chi connectivity index (χ1) is 12.2. The first-order valence-electron chi connectivity index (χ1n) is 10.1. The number of unbranched alkanes of at least 4 members (excludes halogenated alkanes) is 9. The van der Waals surface area contributed by atoms with Gasteiger partial charge in [0.2, 0.25) is 0 Å². The summed E-state index contributed by atoms with van der Waals surface area (Å²) in [6.07, 6.45) is 13.8. The molecule has 0 saturated carbocycles. The zero-order valence-electron chi connectivity index (χ0n) is 15.8. The Bertz CT molecular complexity index is 334. The summed E-state index contributed by atoms with van der Waals surface area (Å²) in [5, 5.41) is 28.9. The Morgan fingerprint density at radius 3 is 2.24 bits per heavy atom. The van der Waals surface area contributed by atoms with Gasteiger partial charge in [0.25, 0.3) is 0 Å². The second-order valence-electron chi connectivity index (χ2n) is 7.00. The van der Waals surface area contributed by atoms with Gasteiger partial charge >= 0.3 is 0 Å². The van der Waals surface area contributed by atoms with Gasteiger partial charge in [0, 0.05) is 0 Å². The van der Waals surface area contributed by atoms with Crippen LogP contribution in [0, 0.1) is 0 Å². The van der Waals surface area contributed by atoms with Crippen LogP contribution in [0.4, 0.5) is 0 Å². The number of aliphatic hydroxyl groups excluding tert-OH is 3. The predicted octanol–water partition coefficient (Wildman–Crippen LogP) is 2.96. The van der Waals surface area contributed by atoms with Crippen LogP contribution in [0.2, 0.25) is 0 Å². The third-order valence-corrected chi connectivity index (χ3v) is 4.78. The van der Waals surface area contributed by atoms with Gasteiger partial charge in [-0.25, -0.2) is 0 Å². The minimum absolute atomic E-state index is 0.0785. The van der Waals surface area contributed by atoms with Gasteiger partial charge in [-0.05, 0) is 12.8 Å². The van der Waals surface area contributed by atoms with Gasteiger partial charge in [-0.1, -0.05) is 70.4 Å². The van der Waals surface area contributed by atoms with E-state index in [9.17, 15) is 10.2 Å². The first kappa shape index (κ1) is 22.6. The molecular formula is C20H38O5. The normalized spacial score (nSPS) is 27.2. The molecule has 0 aliphatic carbocycles. The van der Waals surface area contributed by atoms with Crippen LogP contribution in [0.3, 0.4) is 0 Å². The van der Waals surface area contributed by atoms with Crippen molar-refractivity contribution in [1.82, 2.24) is 0 Å². The Morgan fingerprint density at radius 1 is 0.960 bits per heavy atom. The standard InChI is InChI=1S/C20H38O5/c1-2-3-4-5-6-7-8-9-10-11-12-13-14-24-20-17(22)16-25-18(15-21)19(20)23/h12-13,17-23H,2-11,14-16H2,1H3/b13-12+/t17-,18+,19+,20+/m0/s1. The van der Waals surface area contributed by atoms with Crippen LogP contribution < -0.4 is 0 Å². The molecule has 1 aliphatic rings. The Morgan fingerprint density at radius 2 is 1.60 bits per heavy atom. The number of ether oxygens (including phenoxy) is 2. The molecule has 1 aliphatic heterocycles. The summed E-state index contributed by atoms with van der Waals surface area (Å²) in [5.74, 6) is 0. The molecule has 3 N–H and O–H groups in total. The van der Waals surface area contributed by atoms with Crippen molar-refractivity contribution in [3.63, 3.8) is 0 Å². The Kier molecular flexibility index (Phi) is 13.3.